The monoisotopic (exact) mass is 338 g/mol. The second-order valence-electron chi connectivity index (χ2n) is 5.93. The largest absolute Gasteiger partial charge is 0.497 e. The number of nitriles is 1. The van der Waals surface area contributed by atoms with Crippen LogP contribution >= 0.6 is 0 Å². The second-order valence-corrected chi connectivity index (χ2v) is 5.93. The molecule has 130 valence electrons. The summed E-state index contributed by atoms with van der Waals surface area (Å²) in [6, 6.07) is 11.7. The molecule has 0 unspecified atom stereocenters. The Morgan fingerprint density at radius 1 is 1.12 bits per heavy atom. The number of methoxy groups -OCH3 is 2. The van der Waals surface area contributed by atoms with Gasteiger partial charge in [0.05, 0.1) is 19.8 Å². The van der Waals surface area contributed by atoms with E-state index in [1.165, 1.54) is 0 Å². The maximum absolute atomic E-state index is 9.25. The zero-order chi connectivity index (χ0) is 17.6. The number of rotatable bonds is 5. The first-order valence-electron chi connectivity index (χ1n) is 8.28. The van der Waals surface area contributed by atoms with E-state index in [1.54, 1.807) is 26.5 Å². The molecule has 1 aromatic carbocycles. The van der Waals surface area contributed by atoms with E-state index in [4.69, 9.17) is 9.47 Å². The molecular weight excluding hydrogens is 316 g/mol. The fraction of sp³-hybridized carbons (Fsp3) is 0.368. The third-order valence-corrected chi connectivity index (χ3v) is 4.46. The molecule has 0 radical (unpaired) electrons. The highest BCUT2D eigenvalue weighted by molar-refractivity contribution is 5.53. The third kappa shape index (κ3) is 3.83. The molecule has 1 aliphatic heterocycles. The number of aromatic nitrogens is 1. The van der Waals surface area contributed by atoms with E-state index < -0.39 is 0 Å². The van der Waals surface area contributed by atoms with Crippen molar-refractivity contribution in [3.05, 3.63) is 47.7 Å². The average molecular weight is 338 g/mol. The van der Waals surface area contributed by atoms with Crippen LogP contribution in [0.1, 0.15) is 11.1 Å². The molecule has 0 amide bonds. The Morgan fingerprint density at radius 2 is 1.92 bits per heavy atom. The summed E-state index contributed by atoms with van der Waals surface area (Å²) >= 11 is 0. The normalized spacial score (nSPS) is 14.8. The van der Waals surface area contributed by atoms with Gasteiger partial charge in [-0.1, -0.05) is 0 Å². The zero-order valence-electron chi connectivity index (χ0n) is 14.6. The van der Waals surface area contributed by atoms with E-state index in [9.17, 15) is 5.26 Å². The summed E-state index contributed by atoms with van der Waals surface area (Å²) in [5.74, 6) is 2.49. The summed E-state index contributed by atoms with van der Waals surface area (Å²) in [7, 11) is 3.36. The Bertz CT molecular complexity index is 764. The predicted octanol–water partition coefficient (Wildman–Crippen LogP) is 2.29. The van der Waals surface area contributed by atoms with Crippen molar-refractivity contribution in [2.45, 2.75) is 6.54 Å². The van der Waals surface area contributed by atoms with Crippen LogP contribution in [0.5, 0.6) is 11.5 Å². The van der Waals surface area contributed by atoms with Gasteiger partial charge in [-0.2, -0.15) is 5.26 Å². The topological polar surface area (TPSA) is 61.6 Å². The molecule has 6 nitrogen and oxygen atoms in total. The van der Waals surface area contributed by atoms with Crippen molar-refractivity contribution in [2.75, 3.05) is 45.3 Å². The summed E-state index contributed by atoms with van der Waals surface area (Å²) < 4.78 is 10.8. The Morgan fingerprint density at radius 3 is 2.60 bits per heavy atom. The van der Waals surface area contributed by atoms with E-state index >= 15 is 0 Å². The summed E-state index contributed by atoms with van der Waals surface area (Å²) in [6.07, 6.45) is 1.74. The minimum atomic E-state index is 0.630. The molecule has 3 rings (SSSR count). The van der Waals surface area contributed by atoms with E-state index in [0.717, 1.165) is 55.6 Å². The van der Waals surface area contributed by atoms with Gasteiger partial charge in [0.15, 0.2) is 0 Å². The van der Waals surface area contributed by atoms with E-state index in [2.05, 4.69) is 20.9 Å². The van der Waals surface area contributed by atoms with Crippen molar-refractivity contribution in [3.8, 4) is 17.6 Å². The van der Waals surface area contributed by atoms with Gasteiger partial charge in [0.2, 0.25) is 0 Å². The molecule has 1 saturated heterocycles. The molecule has 1 aliphatic rings. The van der Waals surface area contributed by atoms with Gasteiger partial charge in [-0.3, -0.25) is 4.90 Å². The quantitative estimate of drug-likeness (QED) is 0.834. The molecule has 0 N–H and O–H groups in total. The van der Waals surface area contributed by atoms with Gasteiger partial charge in [-0.15, -0.1) is 0 Å². The maximum Gasteiger partial charge on any atom is 0.146 e. The average Bonchev–Trinajstić information content (AvgIpc) is 2.68. The van der Waals surface area contributed by atoms with Crippen LogP contribution in [0.3, 0.4) is 0 Å². The number of hydrogen-bond donors (Lipinski definition) is 0. The maximum atomic E-state index is 9.25. The van der Waals surface area contributed by atoms with Gasteiger partial charge in [-0.05, 0) is 30.3 Å². The van der Waals surface area contributed by atoms with Crippen LogP contribution in [-0.4, -0.2) is 50.3 Å². The molecule has 2 aromatic rings. The minimum Gasteiger partial charge on any atom is -0.497 e. The van der Waals surface area contributed by atoms with E-state index in [0.29, 0.717) is 5.56 Å². The van der Waals surface area contributed by atoms with Gasteiger partial charge >= 0.3 is 0 Å². The van der Waals surface area contributed by atoms with Crippen molar-refractivity contribution in [1.29, 1.82) is 5.26 Å². The lowest BCUT2D eigenvalue weighted by molar-refractivity contribution is 0.245. The first-order valence-corrected chi connectivity index (χ1v) is 8.28. The zero-order valence-corrected chi connectivity index (χ0v) is 14.6. The first-order chi connectivity index (χ1) is 12.2. The van der Waals surface area contributed by atoms with Crippen molar-refractivity contribution in [3.63, 3.8) is 0 Å². The molecule has 25 heavy (non-hydrogen) atoms. The lowest BCUT2D eigenvalue weighted by Gasteiger charge is -2.35. The summed E-state index contributed by atoms with van der Waals surface area (Å²) in [5, 5.41) is 9.25. The van der Waals surface area contributed by atoms with Gasteiger partial charge in [0.25, 0.3) is 0 Å². The van der Waals surface area contributed by atoms with Crippen LogP contribution < -0.4 is 14.4 Å². The van der Waals surface area contributed by atoms with Crippen LogP contribution in [0.15, 0.2) is 36.5 Å². The van der Waals surface area contributed by atoms with Crippen LogP contribution in [0.4, 0.5) is 5.82 Å². The van der Waals surface area contributed by atoms with Gasteiger partial charge in [0, 0.05) is 44.5 Å². The molecule has 0 aliphatic carbocycles. The lowest BCUT2D eigenvalue weighted by atomic mass is 10.1. The first kappa shape index (κ1) is 17.1. The van der Waals surface area contributed by atoms with Crippen molar-refractivity contribution >= 4 is 5.82 Å². The highest BCUT2D eigenvalue weighted by atomic mass is 16.5. The van der Waals surface area contributed by atoms with Gasteiger partial charge in [0.1, 0.15) is 23.4 Å². The van der Waals surface area contributed by atoms with Gasteiger partial charge < -0.3 is 14.4 Å². The lowest BCUT2D eigenvalue weighted by Crippen LogP contribution is -2.46. The SMILES string of the molecule is COc1ccc(OC)c(CN2CCN(c3ncccc3C#N)CC2)c1. The second kappa shape index (κ2) is 7.86. The third-order valence-electron chi connectivity index (χ3n) is 4.46. The molecular formula is C19H22N4O2. The number of benzene rings is 1. The van der Waals surface area contributed by atoms with Gasteiger partial charge in [-0.25, -0.2) is 4.98 Å². The summed E-state index contributed by atoms with van der Waals surface area (Å²) in [6.45, 7) is 4.31. The van der Waals surface area contributed by atoms with Crippen LogP contribution in [-0.2, 0) is 6.54 Å². The molecule has 2 heterocycles. The number of piperazine rings is 1. The van der Waals surface area contributed by atoms with E-state index in [1.807, 2.05) is 24.3 Å². The molecule has 6 heteroatoms. The Labute approximate surface area is 148 Å². The van der Waals surface area contributed by atoms with Crippen LogP contribution in [0, 0.1) is 11.3 Å². The highest BCUT2D eigenvalue weighted by Gasteiger charge is 2.21. The number of nitrogens with zero attached hydrogens (tertiary/aromatic N) is 4. The minimum absolute atomic E-state index is 0.630. The number of ether oxygens (including phenoxy) is 2. The van der Waals surface area contributed by atoms with Crippen LogP contribution in [0.25, 0.3) is 0 Å². The standard InChI is InChI=1S/C19H22N4O2/c1-24-17-5-6-18(25-2)16(12-17)14-22-8-10-23(11-9-22)19-15(13-20)4-3-7-21-19/h3-7,12H,8-11,14H2,1-2H3. The summed E-state index contributed by atoms with van der Waals surface area (Å²) in [4.78, 5) is 8.94. The molecule has 0 bridgehead atoms. The highest BCUT2D eigenvalue weighted by Crippen LogP contribution is 2.26. The number of hydrogen-bond acceptors (Lipinski definition) is 6. The fourth-order valence-electron chi connectivity index (χ4n) is 3.10. The number of anilines is 1. The number of pyridine rings is 1. The van der Waals surface area contributed by atoms with Crippen molar-refractivity contribution < 1.29 is 9.47 Å². The van der Waals surface area contributed by atoms with Crippen molar-refractivity contribution in [1.82, 2.24) is 9.88 Å². The van der Waals surface area contributed by atoms with Crippen molar-refractivity contribution in [2.24, 2.45) is 0 Å². The molecule has 1 fully saturated rings. The molecule has 0 saturated carbocycles. The predicted molar refractivity (Wildman–Crippen MR) is 96.0 cm³/mol. The molecule has 0 spiro atoms. The van der Waals surface area contributed by atoms with Crippen LogP contribution in [0.2, 0.25) is 0 Å². The Hall–Kier alpha value is -2.78. The summed E-state index contributed by atoms with van der Waals surface area (Å²) in [5.41, 5.74) is 1.75. The fourth-order valence-corrected chi connectivity index (χ4v) is 3.10. The van der Waals surface area contributed by atoms with E-state index in [-0.39, 0.29) is 0 Å². The Balaban J connectivity index is 1.66. The smallest absolute Gasteiger partial charge is 0.146 e. The molecule has 0 atom stereocenters. The Kier molecular flexibility index (Phi) is 5.36. The molecule has 1 aromatic heterocycles.